The van der Waals surface area contributed by atoms with Crippen molar-refractivity contribution in [3.63, 3.8) is 0 Å². The van der Waals surface area contributed by atoms with Crippen LogP contribution in [0.5, 0.6) is 5.88 Å². The van der Waals surface area contributed by atoms with Gasteiger partial charge in [0.2, 0.25) is 5.88 Å². The first kappa shape index (κ1) is 28.3. The monoisotopic (exact) mass is 528 g/mol. The smallest absolute Gasteiger partial charge is 0.306 e. The van der Waals surface area contributed by atoms with Crippen molar-refractivity contribution in [2.45, 2.75) is 59.1 Å². The molecule has 0 aliphatic rings. The summed E-state index contributed by atoms with van der Waals surface area (Å²) in [4.78, 5) is 34.3. The number of nitrogens with one attached hydrogen (secondary N) is 2. The number of rotatable bonds is 11. The van der Waals surface area contributed by atoms with Crippen LogP contribution in [0.15, 0.2) is 30.7 Å². The van der Waals surface area contributed by atoms with Gasteiger partial charge in [0, 0.05) is 6.04 Å². The molecule has 0 aliphatic carbocycles. The van der Waals surface area contributed by atoms with E-state index >= 15 is 0 Å². The van der Waals surface area contributed by atoms with Crippen LogP contribution in [0.25, 0.3) is 5.69 Å². The molecule has 3 aromatic rings. The van der Waals surface area contributed by atoms with Crippen LogP contribution in [-0.4, -0.2) is 55.6 Å². The molecule has 0 saturated heterocycles. The van der Waals surface area contributed by atoms with Crippen LogP contribution in [0.1, 0.15) is 57.8 Å². The van der Waals surface area contributed by atoms with E-state index in [1.807, 2.05) is 13.8 Å². The van der Waals surface area contributed by atoms with Crippen molar-refractivity contribution in [3.05, 3.63) is 42.1 Å². The lowest BCUT2D eigenvalue weighted by Gasteiger charge is -2.26. The Hall–Kier alpha value is -4.29. The van der Waals surface area contributed by atoms with Gasteiger partial charge in [-0.05, 0) is 45.7 Å². The Morgan fingerprint density at radius 3 is 2.45 bits per heavy atom. The number of hydrogen-bond acceptors (Lipinski definition) is 10. The van der Waals surface area contributed by atoms with Gasteiger partial charge in [0.15, 0.2) is 11.6 Å². The molecule has 3 heterocycles. The van der Waals surface area contributed by atoms with Gasteiger partial charge < -0.3 is 25.8 Å². The lowest BCUT2D eigenvalue weighted by Crippen LogP contribution is -2.31. The summed E-state index contributed by atoms with van der Waals surface area (Å²) in [5, 5.41) is 14.2. The van der Waals surface area contributed by atoms with Crippen LogP contribution in [0.2, 0.25) is 0 Å². The average molecular weight is 529 g/mol. The number of ether oxygens (including phenoxy) is 2. The highest BCUT2D eigenvalue weighted by Gasteiger charge is 2.25. The molecule has 3 aromatic heterocycles. The Kier molecular flexibility index (Phi) is 8.81. The van der Waals surface area contributed by atoms with E-state index < -0.39 is 17.3 Å². The maximum Gasteiger partial charge on any atom is 0.306 e. The number of halogens is 1. The average Bonchev–Trinajstić information content (AvgIpc) is 3.38. The number of methoxy groups -OCH3 is 1. The van der Waals surface area contributed by atoms with Gasteiger partial charge in [-0.3, -0.25) is 9.59 Å². The highest BCUT2D eigenvalue weighted by atomic mass is 19.1. The molecule has 0 bridgehead atoms. The second-order valence-corrected chi connectivity index (χ2v) is 9.67. The molecule has 4 N–H and O–H groups in total. The van der Waals surface area contributed by atoms with Gasteiger partial charge in [-0.1, -0.05) is 13.3 Å². The highest BCUT2D eigenvalue weighted by molar-refractivity contribution is 5.98. The van der Waals surface area contributed by atoms with Gasteiger partial charge in [-0.25, -0.2) is 14.4 Å². The maximum absolute atomic E-state index is 15.0. The minimum atomic E-state index is -0.870. The summed E-state index contributed by atoms with van der Waals surface area (Å²) in [6.45, 7) is 9.16. The molecule has 0 aliphatic heterocycles. The first-order chi connectivity index (χ1) is 17.9. The molecule has 1 amide bonds. The van der Waals surface area contributed by atoms with E-state index in [0.717, 1.165) is 6.07 Å². The Morgan fingerprint density at radius 2 is 1.87 bits per heavy atom. The van der Waals surface area contributed by atoms with Crippen LogP contribution in [0.3, 0.4) is 0 Å². The largest absolute Gasteiger partial charge is 0.479 e. The zero-order chi connectivity index (χ0) is 28.0. The Bertz CT molecular complexity index is 1280. The first-order valence-electron chi connectivity index (χ1n) is 12.1. The fraction of sp³-hybridized carbons (Fsp3) is 0.440. The number of carbonyl (C=O) groups is 2. The molecule has 3 rings (SSSR count). The fourth-order valence-corrected chi connectivity index (χ4v) is 3.77. The van der Waals surface area contributed by atoms with E-state index in [1.54, 1.807) is 26.8 Å². The second-order valence-electron chi connectivity index (χ2n) is 9.67. The molecule has 13 heteroatoms. The summed E-state index contributed by atoms with van der Waals surface area (Å²) >= 11 is 0. The minimum absolute atomic E-state index is 0.0140. The molecule has 0 fully saturated rings. The number of primary amides is 1. The standard InChI is InChI=1S/C25H33FN8O4/c1-7-15(10-20(35)38-25(3,4)5)14(2)31-23-18(26)12-17(21(27)36)22(33-23)32-16-11-19(24(37-6)28-13-16)34-29-8-9-30-34/h8-9,11-15H,7,10H2,1-6H3,(H2,27,36)(H2,31,32,33)/t14-,15-/m1/s1. The van der Waals surface area contributed by atoms with Gasteiger partial charge in [0.25, 0.3) is 5.91 Å². The van der Waals surface area contributed by atoms with E-state index in [9.17, 15) is 14.0 Å². The lowest BCUT2D eigenvalue weighted by atomic mass is 9.94. The molecule has 38 heavy (non-hydrogen) atoms. The summed E-state index contributed by atoms with van der Waals surface area (Å²) in [6.07, 6.45) is 5.23. The van der Waals surface area contributed by atoms with Crippen molar-refractivity contribution in [3.8, 4) is 11.6 Å². The number of anilines is 3. The Morgan fingerprint density at radius 1 is 1.18 bits per heavy atom. The zero-order valence-corrected chi connectivity index (χ0v) is 22.3. The number of esters is 1. The molecule has 12 nitrogen and oxygen atoms in total. The van der Waals surface area contributed by atoms with Crippen molar-refractivity contribution >= 4 is 29.2 Å². The number of amides is 1. The Balaban J connectivity index is 1.88. The molecule has 2 atom stereocenters. The topological polar surface area (TPSA) is 159 Å². The number of aromatic nitrogens is 5. The van der Waals surface area contributed by atoms with Crippen molar-refractivity contribution in [2.24, 2.45) is 11.7 Å². The zero-order valence-electron chi connectivity index (χ0n) is 22.3. The summed E-state index contributed by atoms with van der Waals surface area (Å²) in [6, 6.07) is 2.29. The lowest BCUT2D eigenvalue weighted by molar-refractivity contribution is -0.156. The van der Waals surface area contributed by atoms with Crippen molar-refractivity contribution in [2.75, 3.05) is 17.7 Å². The SMILES string of the molecule is CC[C@H](CC(=O)OC(C)(C)C)[C@@H](C)Nc1nc(Nc2cnc(OC)c(-n3nccn3)c2)c(C(N)=O)cc1F. The molecule has 0 saturated carbocycles. The first-order valence-corrected chi connectivity index (χ1v) is 12.1. The van der Waals surface area contributed by atoms with Gasteiger partial charge in [-0.2, -0.15) is 10.2 Å². The van der Waals surface area contributed by atoms with Crippen LogP contribution in [0, 0.1) is 11.7 Å². The van der Waals surface area contributed by atoms with Gasteiger partial charge >= 0.3 is 5.97 Å². The molecule has 0 spiro atoms. The maximum atomic E-state index is 15.0. The number of carbonyl (C=O) groups excluding carboxylic acids is 2. The molecule has 204 valence electrons. The fourth-order valence-electron chi connectivity index (χ4n) is 3.77. The van der Waals surface area contributed by atoms with Crippen LogP contribution in [0.4, 0.5) is 21.7 Å². The summed E-state index contributed by atoms with van der Waals surface area (Å²) < 4.78 is 25.7. The highest BCUT2D eigenvalue weighted by Crippen LogP contribution is 2.28. The van der Waals surface area contributed by atoms with Crippen molar-refractivity contribution in [1.82, 2.24) is 25.0 Å². The normalized spacial score (nSPS) is 12.9. The van der Waals surface area contributed by atoms with Crippen LogP contribution < -0.4 is 21.1 Å². The summed E-state index contributed by atoms with van der Waals surface area (Å²) in [7, 11) is 1.46. The number of nitrogens with two attached hydrogens (primary N) is 1. The summed E-state index contributed by atoms with van der Waals surface area (Å²) in [5.41, 5.74) is 5.56. The van der Waals surface area contributed by atoms with Crippen LogP contribution in [-0.2, 0) is 9.53 Å². The molecule has 0 aromatic carbocycles. The third-order valence-electron chi connectivity index (χ3n) is 5.61. The van der Waals surface area contributed by atoms with E-state index in [-0.39, 0.29) is 47.4 Å². The van der Waals surface area contributed by atoms with Crippen molar-refractivity contribution < 1.29 is 23.5 Å². The van der Waals surface area contributed by atoms with E-state index in [2.05, 4.69) is 30.8 Å². The quantitative estimate of drug-likeness (QED) is 0.314. The van der Waals surface area contributed by atoms with E-state index in [4.69, 9.17) is 15.2 Å². The third kappa shape index (κ3) is 7.14. The number of hydrogen-bond donors (Lipinski definition) is 3. The molecular weight excluding hydrogens is 495 g/mol. The van der Waals surface area contributed by atoms with Gasteiger partial charge in [0.1, 0.15) is 17.1 Å². The second kappa shape index (κ2) is 11.8. The van der Waals surface area contributed by atoms with E-state index in [0.29, 0.717) is 17.8 Å². The number of pyridine rings is 2. The van der Waals surface area contributed by atoms with Gasteiger partial charge in [-0.15, -0.1) is 4.80 Å². The minimum Gasteiger partial charge on any atom is -0.479 e. The molecule has 0 radical (unpaired) electrons. The van der Waals surface area contributed by atoms with Gasteiger partial charge in [0.05, 0.1) is 43.4 Å². The van der Waals surface area contributed by atoms with Crippen molar-refractivity contribution in [1.29, 1.82) is 0 Å². The predicted octanol–water partition coefficient (Wildman–Crippen LogP) is 3.61. The number of nitrogens with zero attached hydrogens (tertiary/aromatic N) is 5. The van der Waals surface area contributed by atoms with E-state index in [1.165, 1.54) is 30.5 Å². The molecular formula is C25H33FN8O4. The third-order valence-corrected chi connectivity index (χ3v) is 5.61. The Labute approximate surface area is 220 Å². The summed E-state index contributed by atoms with van der Waals surface area (Å²) in [5.74, 6) is -1.97. The molecule has 0 unspecified atom stereocenters. The predicted molar refractivity (Wildman–Crippen MR) is 139 cm³/mol. The van der Waals surface area contributed by atoms with Crippen LogP contribution >= 0.6 is 0 Å².